The Morgan fingerprint density at radius 2 is 0.756 bits per heavy atom. The molecule has 12 atom stereocenters. The third kappa shape index (κ3) is 3.64. The molecule has 2 aromatic carbocycles. The van der Waals surface area contributed by atoms with Crippen LogP contribution in [0.25, 0.3) is 0 Å². The van der Waals surface area contributed by atoms with Crippen LogP contribution in [-0.2, 0) is 19.2 Å². The average Bonchev–Trinajstić information content (AvgIpc) is 3.77. The van der Waals surface area contributed by atoms with Crippen LogP contribution in [0.4, 0.5) is 11.4 Å². The number of rotatable bonds is 4. The van der Waals surface area contributed by atoms with E-state index in [-0.39, 0.29) is 90.3 Å². The lowest BCUT2D eigenvalue weighted by atomic mass is 9.81. The van der Waals surface area contributed by atoms with Crippen molar-refractivity contribution in [2.45, 2.75) is 32.2 Å². The first-order valence-corrected chi connectivity index (χ1v) is 17.5. The van der Waals surface area contributed by atoms with E-state index >= 15 is 0 Å². The van der Waals surface area contributed by atoms with E-state index < -0.39 is 0 Å². The van der Waals surface area contributed by atoms with Crippen molar-refractivity contribution in [3.63, 3.8) is 0 Å². The minimum atomic E-state index is -0.258. The number of carbonyl (C=O) groups is 4. The summed E-state index contributed by atoms with van der Waals surface area (Å²) < 4.78 is 6.01. The molecule has 2 heterocycles. The van der Waals surface area contributed by atoms with Gasteiger partial charge in [-0.1, -0.05) is 63.7 Å². The predicted molar refractivity (Wildman–Crippen MR) is 166 cm³/mol. The first-order chi connectivity index (χ1) is 19.7. The van der Waals surface area contributed by atoms with Crippen molar-refractivity contribution in [3.05, 3.63) is 48.5 Å². The van der Waals surface area contributed by atoms with Gasteiger partial charge in [0.2, 0.25) is 23.6 Å². The lowest BCUT2D eigenvalue weighted by Crippen LogP contribution is -2.37. The summed E-state index contributed by atoms with van der Waals surface area (Å²) in [7, 11) is 0. The zero-order chi connectivity index (χ0) is 28.5. The van der Waals surface area contributed by atoms with Crippen LogP contribution in [0, 0.1) is 47.3 Å². The smallest absolute Gasteiger partial charge is 0.238 e. The maximum absolute atomic E-state index is 13.3. The van der Waals surface area contributed by atoms with Crippen LogP contribution in [0.15, 0.2) is 48.5 Å². The zero-order valence-electron chi connectivity index (χ0n) is 21.4. The molecule has 0 N–H and O–H groups in total. The highest BCUT2D eigenvalue weighted by atomic mass is 79.9. The Balaban J connectivity index is 0.965. The molecular formula is C30H24Br4N2O5. The van der Waals surface area contributed by atoms with Crippen molar-refractivity contribution in [2.24, 2.45) is 47.3 Å². The largest absolute Gasteiger partial charge is 0.457 e. The maximum atomic E-state index is 13.3. The lowest BCUT2D eigenvalue weighted by molar-refractivity contribution is -0.124. The molecule has 6 aliphatic rings. The van der Waals surface area contributed by atoms with Crippen LogP contribution < -0.4 is 14.5 Å². The fourth-order valence-electron chi connectivity index (χ4n) is 8.67. The molecular weight excluding hydrogens is 788 g/mol. The second-order valence-electron chi connectivity index (χ2n) is 12.1. The van der Waals surface area contributed by atoms with Crippen LogP contribution in [0.5, 0.6) is 11.5 Å². The summed E-state index contributed by atoms with van der Waals surface area (Å²) in [6.45, 7) is 0. The molecule has 4 aliphatic carbocycles. The van der Waals surface area contributed by atoms with E-state index in [1.54, 1.807) is 48.5 Å². The van der Waals surface area contributed by atoms with Crippen LogP contribution in [-0.4, -0.2) is 42.9 Å². The number of nitrogens with zero attached hydrogens (tertiary/aromatic N) is 2. The Hall–Kier alpha value is -1.56. The number of anilines is 2. The highest BCUT2D eigenvalue weighted by Gasteiger charge is 2.67. The molecule has 8 rings (SSSR count). The van der Waals surface area contributed by atoms with Gasteiger partial charge in [0.15, 0.2) is 0 Å². The number of carbonyl (C=O) groups excluding carboxylic acids is 4. The summed E-state index contributed by atoms with van der Waals surface area (Å²) in [5, 5.41) is 0. The van der Waals surface area contributed by atoms with Gasteiger partial charge >= 0.3 is 0 Å². The number of amides is 4. The second kappa shape index (κ2) is 9.47. The topological polar surface area (TPSA) is 84.0 Å². The van der Waals surface area contributed by atoms with Crippen molar-refractivity contribution in [2.75, 3.05) is 9.80 Å². The van der Waals surface area contributed by atoms with Crippen molar-refractivity contribution in [1.29, 1.82) is 0 Å². The molecule has 0 spiro atoms. The third-order valence-corrected chi connectivity index (χ3v) is 16.8. The number of hydrogen-bond acceptors (Lipinski definition) is 5. The van der Waals surface area contributed by atoms with Gasteiger partial charge in [-0.25, -0.2) is 0 Å². The lowest BCUT2D eigenvalue weighted by Gasteiger charge is -2.28. The molecule has 0 aromatic heterocycles. The molecule has 2 aromatic rings. The summed E-state index contributed by atoms with van der Waals surface area (Å²) >= 11 is 14.9. The van der Waals surface area contributed by atoms with Gasteiger partial charge in [-0.2, -0.15) is 0 Å². The predicted octanol–water partition coefficient (Wildman–Crippen LogP) is 6.04. The summed E-state index contributed by atoms with van der Waals surface area (Å²) in [6, 6.07) is 13.9. The Morgan fingerprint density at radius 1 is 0.488 bits per heavy atom. The molecule has 0 radical (unpaired) electrons. The monoisotopic (exact) mass is 808 g/mol. The first kappa shape index (κ1) is 27.0. The van der Waals surface area contributed by atoms with E-state index in [1.807, 2.05) is 0 Å². The van der Waals surface area contributed by atoms with E-state index in [9.17, 15) is 19.2 Å². The van der Waals surface area contributed by atoms with Crippen LogP contribution in [0.1, 0.15) is 12.8 Å². The highest BCUT2D eigenvalue weighted by Crippen LogP contribution is 2.62. The zero-order valence-corrected chi connectivity index (χ0v) is 27.8. The molecule has 6 fully saturated rings. The van der Waals surface area contributed by atoms with Crippen molar-refractivity contribution in [1.82, 2.24) is 0 Å². The van der Waals surface area contributed by atoms with Crippen molar-refractivity contribution >= 4 is 98.7 Å². The molecule has 2 aliphatic heterocycles. The molecule has 41 heavy (non-hydrogen) atoms. The second-order valence-corrected chi connectivity index (χ2v) is 16.4. The Morgan fingerprint density at radius 3 is 1.02 bits per heavy atom. The van der Waals surface area contributed by atoms with Gasteiger partial charge in [-0.05, 0) is 85.0 Å². The number of alkyl halides is 4. The molecule has 4 bridgehead atoms. The number of benzene rings is 2. The summed E-state index contributed by atoms with van der Waals surface area (Å²) in [4.78, 5) is 56.8. The fraction of sp³-hybridized carbons (Fsp3) is 0.467. The van der Waals surface area contributed by atoms with E-state index in [0.717, 1.165) is 12.8 Å². The molecule has 7 nitrogen and oxygen atoms in total. The van der Waals surface area contributed by atoms with Gasteiger partial charge in [0.25, 0.3) is 0 Å². The summed E-state index contributed by atoms with van der Waals surface area (Å²) in [5.41, 5.74) is 1.10. The van der Waals surface area contributed by atoms with Crippen LogP contribution in [0.2, 0.25) is 0 Å². The van der Waals surface area contributed by atoms with E-state index in [2.05, 4.69) is 63.7 Å². The van der Waals surface area contributed by atoms with E-state index in [1.165, 1.54) is 9.80 Å². The molecule has 4 amide bonds. The minimum Gasteiger partial charge on any atom is -0.457 e. The molecule has 212 valence electrons. The van der Waals surface area contributed by atoms with Gasteiger partial charge in [0, 0.05) is 19.3 Å². The number of hydrogen-bond donors (Lipinski definition) is 0. The van der Waals surface area contributed by atoms with Crippen molar-refractivity contribution in [3.8, 4) is 11.5 Å². The Kier molecular flexibility index (Phi) is 6.24. The van der Waals surface area contributed by atoms with Crippen LogP contribution >= 0.6 is 63.7 Å². The molecule has 0 unspecified atom stereocenters. The van der Waals surface area contributed by atoms with E-state index in [4.69, 9.17) is 4.74 Å². The number of ether oxygens (including phenoxy) is 1. The Bertz CT molecular complexity index is 1330. The van der Waals surface area contributed by atoms with Gasteiger partial charge in [-0.3, -0.25) is 29.0 Å². The first-order valence-electron chi connectivity index (χ1n) is 13.9. The number of fused-ring (bicyclic) bond motifs is 10. The average molecular weight is 812 g/mol. The van der Waals surface area contributed by atoms with Crippen molar-refractivity contribution < 1.29 is 23.9 Å². The minimum absolute atomic E-state index is 0.109. The highest BCUT2D eigenvalue weighted by molar-refractivity contribution is 9.12. The number of imide groups is 2. The normalized spacial score (nSPS) is 42.0. The Labute approximate surface area is 270 Å². The summed E-state index contributed by atoms with van der Waals surface area (Å²) in [6.07, 6.45) is 1.80. The summed E-state index contributed by atoms with van der Waals surface area (Å²) in [5.74, 6) is 0.313. The van der Waals surface area contributed by atoms with Gasteiger partial charge in [0.1, 0.15) is 11.5 Å². The SMILES string of the molecule is O=C1[C@@H]2[C@H]3C[C@@H]([C@H](Br)[C@H]3Br)[C@@H]2C(=O)N1c1ccc(Oc2ccc(N3C(=O)[C@@H]4[C@H]5C[C@@H]([C@H](Br)[C@@H]5Br)[C@@H]4C3=O)cc2)cc1. The van der Waals surface area contributed by atoms with Gasteiger partial charge < -0.3 is 4.74 Å². The van der Waals surface area contributed by atoms with Gasteiger partial charge in [0.05, 0.1) is 35.0 Å². The number of halogens is 4. The van der Waals surface area contributed by atoms with Gasteiger partial charge in [-0.15, -0.1) is 0 Å². The molecule has 4 saturated carbocycles. The standard InChI is InChI=1S/C30H24Br4N2O5/c31-23-15-9-16(24(23)32)20-19(15)27(37)35(28(20)38)11-1-5-13(6-2-11)41-14-7-3-12(4-8-14)36-29(39)21-17-10-18(22(21)30(36)40)26(34)25(17)33/h1-8,15-26H,9-10H2/t15-,16-,17-,18-,19-,20+,21-,22+,23-,24+,25+,26+/m1/s1. The quantitative estimate of drug-likeness (QED) is 0.278. The molecule has 2 saturated heterocycles. The maximum Gasteiger partial charge on any atom is 0.238 e. The van der Waals surface area contributed by atoms with Crippen LogP contribution in [0.3, 0.4) is 0 Å². The third-order valence-electron chi connectivity index (χ3n) is 10.4. The molecule has 11 heteroatoms. The van der Waals surface area contributed by atoms with E-state index in [0.29, 0.717) is 22.9 Å². The fourth-order valence-corrected chi connectivity index (χ4v) is 12.4.